The molecule has 2 heteroatoms. The Kier molecular flexibility index (Phi) is 3.45. The monoisotopic (exact) mass is 196 g/mol. The van der Waals surface area contributed by atoms with Crippen LogP contribution in [0.4, 0.5) is 0 Å². The molecule has 82 valence electrons. The van der Waals surface area contributed by atoms with Gasteiger partial charge < -0.3 is 0 Å². The van der Waals surface area contributed by atoms with Crippen molar-refractivity contribution in [3.05, 3.63) is 0 Å². The molecule has 2 nitrogen and oxygen atoms in total. The Morgan fingerprint density at radius 2 is 1.29 bits per heavy atom. The third-order valence-electron chi connectivity index (χ3n) is 4.03. The molecule has 0 spiro atoms. The van der Waals surface area contributed by atoms with E-state index in [1.807, 2.05) is 0 Å². The summed E-state index contributed by atoms with van der Waals surface area (Å²) in [6, 6.07) is 0. The van der Waals surface area contributed by atoms with Gasteiger partial charge in [0.2, 0.25) is 0 Å². The van der Waals surface area contributed by atoms with E-state index >= 15 is 0 Å². The highest BCUT2D eigenvalue weighted by Crippen LogP contribution is 2.30. The average Bonchev–Trinajstić information content (AvgIpc) is 2.45. The third-order valence-corrected chi connectivity index (χ3v) is 4.03. The van der Waals surface area contributed by atoms with Crippen molar-refractivity contribution in [2.24, 2.45) is 5.92 Å². The fraction of sp³-hybridized carbons (Fsp3) is 1.00. The van der Waals surface area contributed by atoms with E-state index in [9.17, 15) is 0 Å². The molecule has 0 unspecified atom stereocenters. The summed E-state index contributed by atoms with van der Waals surface area (Å²) < 4.78 is 0. The summed E-state index contributed by atoms with van der Waals surface area (Å²) in [6.45, 7) is 2.52. The zero-order valence-electron chi connectivity index (χ0n) is 9.71. The van der Waals surface area contributed by atoms with Crippen LogP contribution in [0.1, 0.15) is 38.5 Å². The molecule has 0 aromatic heterocycles. The molecule has 1 aliphatic heterocycles. The smallest absolute Gasteiger partial charge is 0.0647 e. The van der Waals surface area contributed by atoms with Crippen LogP contribution >= 0.6 is 0 Å². The molecule has 0 aromatic rings. The summed E-state index contributed by atoms with van der Waals surface area (Å²) in [5, 5.41) is 0. The van der Waals surface area contributed by atoms with Gasteiger partial charge in [-0.15, -0.1) is 0 Å². The van der Waals surface area contributed by atoms with Crippen LogP contribution in [0.5, 0.6) is 0 Å². The number of rotatable bonds is 1. The van der Waals surface area contributed by atoms with Crippen LogP contribution in [0.3, 0.4) is 0 Å². The van der Waals surface area contributed by atoms with E-state index < -0.39 is 0 Å². The van der Waals surface area contributed by atoms with Crippen molar-refractivity contribution >= 4 is 0 Å². The van der Waals surface area contributed by atoms with Crippen molar-refractivity contribution < 1.29 is 0 Å². The molecule has 1 aliphatic carbocycles. The Hall–Kier alpha value is -0.0800. The number of likely N-dealkylation sites (N-methyl/N-ethyl adjacent to an activating group) is 2. The van der Waals surface area contributed by atoms with Gasteiger partial charge in [0, 0.05) is 13.1 Å². The predicted molar refractivity (Wildman–Crippen MR) is 60.2 cm³/mol. The summed E-state index contributed by atoms with van der Waals surface area (Å²) in [4.78, 5) is 5.10. The van der Waals surface area contributed by atoms with E-state index in [0.717, 1.165) is 12.1 Å². The van der Waals surface area contributed by atoms with Crippen molar-refractivity contribution in [3.8, 4) is 0 Å². The van der Waals surface area contributed by atoms with Crippen LogP contribution < -0.4 is 0 Å². The first-order valence-corrected chi connectivity index (χ1v) is 6.19. The van der Waals surface area contributed by atoms with E-state index in [-0.39, 0.29) is 0 Å². The standard InChI is InChI=1S/C12H24N2/c1-13-9-10-14(2)12(13)11-7-5-3-4-6-8-11/h11-12H,3-10H2,1-2H3. The number of hydrogen-bond acceptors (Lipinski definition) is 2. The lowest BCUT2D eigenvalue weighted by Gasteiger charge is -2.32. The minimum Gasteiger partial charge on any atom is -0.289 e. The molecule has 0 N–H and O–H groups in total. The zero-order valence-corrected chi connectivity index (χ0v) is 9.71. The highest BCUT2D eigenvalue weighted by molar-refractivity contribution is 4.84. The topological polar surface area (TPSA) is 6.48 Å². The van der Waals surface area contributed by atoms with Gasteiger partial charge in [0.25, 0.3) is 0 Å². The van der Waals surface area contributed by atoms with Gasteiger partial charge in [-0.2, -0.15) is 0 Å². The molecular formula is C12H24N2. The van der Waals surface area contributed by atoms with Gasteiger partial charge in [-0.05, 0) is 32.9 Å². The van der Waals surface area contributed by atoms with Crippen LogP contribution in [0.15, 0.2) is 0 Å². The van der Waals surface area contributed by atoms with Crippen LogP contribution in [-0.2, 0) is 0 Å². The van der Waals surface area contributed by atoms with Gasteiger partial charge >= 0.3 is 0 Å². The van der Waals surface area contributed by atoms with E-state index in [4.69, 9.17) is 0 Å². The lowest BCUT2D eigenvalue weighted by molar-refractivity contribution is 0.107. The van der Waals surface area contributed by atoms with Crippen LogP contribution in [0, 0.1) is 5.92 Å². The minimum atomic E-state index is 0.744. The SMILES string of the molecule is CN1CCN(C)C1C1CCCCCC1. The summed E-state index contributed by atoms with van der Waals surface area (Å²) >= 11 is 0. The van der Waals surface area contributed by atoms with Gasteiger partial charge in [0.15, 0.2) is 0 Å². The second-order valence-electron chi connectivity index (χ2n) is 5.13. The Bertz CT molecular complexity index is 163. The van der Waals surface area contributed by atoms with Crippen LogP contribution in [0.2, 0.25) is 0 Å². The van der Waals surface area contributed by atoms with E-state index in [1.165, 1.54) is 51.6 Å². The van der Waals surface area contributed by atoms with Crippen LogP contribution in [-0.4, -0.2) is 43.2 Å². The molecule has 1 saturated carbocycles. The minimum absolute atomic E-state index is 0.744. The Balaban J connectivity index is 1.97. The largest absolute Gasteiger partial charge is 0.289 e. The van der Waals surface area contributed by atoms with E-state index in [2.05, 4.69) is 23.9 Å². The Labute approximate surface area is 88.3 Å². The molecule has 2 rings (SSSR count). The lowest BCUT2D eigenvalue weighted by atomic mass is 9.96. The van der Waals surface area contributed by atoms with Gasteiger partial charge in [-0.25, -0.2) is 0 Å². The Morgan fingerprint density at radius 1 is 0.786 bits per heavy atom. The van der Waals surface area contributed by atoms with Gasteiger partial charge in [-0.3, -0.25) is 9.80 Å². The van der Waals surface area contributed by atoms with Crippen LogP contribution in [0.25, 0.3) is 0 Å². The molecule has 1 heterocycles. The zero-order chi connectivity index (χ0) is 9.97. The molecule has 0 radical (unpaired) electrons. The second kappa shape index (κ2) is 4.63. The molecule has 14 heavy (non-hydrogen) atoms. The lowest BCUT2D eigenvalue weighted by Crippen LogP contribution is -2.40. The quantitative estimate of drug-likeness (QED) is 0.593. The maximum Gasteiger partial charge on any atom is 0.0647 e. The molecule has 0 amide bonds. The number of hydrogen-bond donors (Lipinski definition) is 0. The molecule has 2 aliphatic rings. The summed E-state index contributed by atoms with van der Waals surface area (Å²) in [6.07, 6.45) is 9.52. The summed E-state index contributed by atoms with van der Waals surface area (Å²) in [7, 11) is 4.58. The summed E-state index contributed by atoms with van der Waals surface area (Å²) in [5.41, 5.74) is 0. The molecule has 2 fully saturated rings. The molecular weight excluding hydrogens is 172 g/mol. The first kappa shape index (κ1) is 10.4. The average molecular weight is 196 g/mol. The first-order chi connectivity index (χ1) is 6.79. The second-order valence-corrected chi connectivity index (χ2v) is 5.13. The predicted octanol–water partition coefficient (Wildman–Crippen LogP) is 2.16. The highest BCUT2D eigenvalue weighted by Gasteiger charge is 2.33. The molecule has 1 saturated heterocycles. The summed E-state index contributed by atoms with van der Waals surface area (Å²) in [5.74, 6) is 0.940. The number of nitrogens with zero attached hydrogens (tertiary/aromatic N) is 2. The van der Waals surface area contributed by atoms with E-state index in [1.54, 1.807) is 0 Å². The normalized spacial score (nSPS) is 29.6. The van der Waals surface area contributed by atoms with Gasteiger partial charge in [-0.1, -0.05) is 25.7 Å². The third kappa shape index (κ3) is 2.12. The van der Waals surface area contributed by atoms with E-state index in [0.29, 0.717) is 0 Å². The molecule has 0 atom stereocenters. The molecule has 0 bridgehead atoms. The maximum absolute atomic E-state index is 2.55. The highest BCUT2D eigenvalue weighted by atomic mass is 15.4. The van der Waals surface area contributed by atoms with Gasteiger partial charge in [0.1, 0.15) is 0 Å². The van der Waals surface area contributed by atoms with Crippen molar-refractivity contribution in [2.75, 3.05) is 27.2 Å². The first-order valence-electron chi connectivity index (χ1n) is 6.19. The van der Waals surface area contributed by atoms with Crippen molar-refractivity contribution in [1.82, 2.24) is 9.80 Å². The molecule has 0 aromatic carbocycles. The van der Waals surface area contributed by atoms with Gasteiger partial charge in [0.05, 0.1) is 6.17 Å². The van der Waals surface area contributed by atoms with Crippen molar-refractivity contribution in [2.45, 2.75) is 44.7 Å². The maximum atomic E-state index is 2.55. The fourth-order valence-corrected chi connectivity index (χ4v) is 3.25. The fourth-order valence-electron chi connectivity index (χ4n) is 3.25. The van der Waals surface area contributed by atoms with Crippen molar-refractivity contribution in [1.29, 1.82) is 0 Å². The van der Waals surface area contributed by atoms with Crippen molar-refractivity contribution in [3.63, 3.8) is 0 Å². The Morgan fingerprint density at radius 3 is 1.79 bits per heavy atom.